The fraction of sp³-hybridized carbons (Fsp3) is 0.588. The third-order valence-corrected chi connectivity index (χ3v) is 4.26. The second kappa shape index (κ2) is 8.05. The molecule has 0 bridgehead atoms. The van der Waals surface area contributed by atoms with E-state index in [0.29, 0.717) is 6.04 Å². The van der Waals surface area contributed by atoms with Gasteiger partial charge in [0.1, 0.15) is 0 Å². The van der Waals surface area contributed by atoms with Crippen LogP contribution in [0.2, 0.25) is 0 Å². The molecular weight excluding hydrogens is 248 g/mol. The Morgan fingerprint density at radius 3 is 2.25 bits per heavy atom. The van der Waals surface area contributed by atoms with Gasteiger partial charge in [0.05, 0.1) is 0 Å². The van der Waals surface area contributed by atoms with Crippen molar-refractivity contribution in [1.29, 1.82) is 0 Å². The summed E-state index contributed by atoms with van der Waals surface area (Å²) >= 11 is 0. The van der Waals surface area contributed by atoms with Crippen molar-refractivity contribution >= 4 is 6.41 Å². The molecule has 0 atom stereocenters. The molecule has 1 N–H and O–H groups in total. The molecule has 0 unspecified atom stereocenters. The average molecular weight is 274 g/mol. The number of fused-ring (bicyclic) bond motifs is 1. The van der Waals surface area contributed by atoms with Crippen LogP contribution in [0.5, 0.6) is 0 Å². The predicted molar refractivity (Wildman–Crippen MR) is 82.3 cm³/mol. The molecule has 2 aliphatic rings. The van der Waals surface area contributed by atoms with E-state index in [4.69, 9.17) is 0 Å². The van der Waals surface area contributed by atoms with Crippen molar-refractivity contribution in [2.45, 2.75) is 58.2 Å². The first-order chi connectivity index (χ1) is 9.83. The topological polar surface area (TPSA) is 32.3 Å². The largest absolute Gasteiger partial charge is 0.356 e. The molecule has 20 heavy (non-hydrogen) atoms. The van der Waals surface area contributed by atoms with Gasteiger partial charge in [-0.3, -0.25) is 9.69 Å². The second-order valence-corrected chi connectivity index (χ2v) is 5.69. The molecule has 0 spiro atoms. The molecule has 110 valence electrons. The highest BCUT2D eigenvalue weighted by molar-refractivity contribution is 5.46. The highest BCUT2D eigenvalue weighted by Gasteiger charge is 2.15. The number of nitrogens with one attached hydrogen (secondary N) is 1. The van der Waals surface area contributed by atoms with Gasteiger partial charge in [0.2, 0.25) is 6.41 Å². The van der Waals surface area contributed by atoms with E-state index in [0.717, 1.165) is 26.0 Å². The van der Waals surface area contributed by atoms with Gasteiger partial charge in [-0.25, -0.2) is 0 Å². The highest BCUT2D eigenvalue weighted by Crippen LogP contribution is 2.21. The van der Waals surface area contributed by atoms with Gasteiger partial charge >= 0.3 is 0 Å². The molecule has 1 aromatic rings. The maximum atomic E-state index is 9.96. The highest BCUT2D eigenvalue weighted by atomic mass is 16.1. The predicted octanol–water partition coefficient (Wildman–Crippen LogP) is 3.09. The zero-order valence-corrected chi connectivity index (χ0v) is 12.5. The Morgan fingerprint density at radius 2 is 1.75 bits per heavy atom. The summed E-state index contributed by atoms with van der Waals surface area (Å²) in [6.45, 7) is 5.67. The lowest BCUT2D eigenvalue weighted by atomic mass is 9.96. The summed E-state index contributed by atoms with van der Waals surface area (Å²) in [6, 6.07) is 9.18. The molecule has 1 saturated carbocycles. The maximum Gasteiger partial charge on any atom is 0.207 e. The van der Waals surface area contributed by atoms with Crippen LogP contribution in [0.15, 0.2) is 24.3 Å². The van der Waals surface area contributed by atoms with Crippen LogP contribution in [-0.4, -0.2) is 23.9 Å². The minimum absolute atomic E-state index is 0.483. The van der Waals surface area contributed by atoms with E-state index in [1.807, 2.05) is 0 Å². The Hall–Kier alpha value is -1.35. The monoisotopic (exact) mass is 274 g/mol. The van der Waals surface area contributed by atoms with Crippen molar-refractivity contribution in [2.24, 2.45) is 0 Å². The molecule has 1 fully saturated rings. The van der Waals surface area contributed by atoms with Crippen LogP contribution < -0.4 is 5.32 Å². The van der Waals surface area contributed by atoms with Crippen LogP contribution in [0.25, 0.3) is 0 Å². The zero-order valence-electron chi connectivity index (χ0n) is 12.5. The van der Waals surface area contributed by atoms with Crippen molar-refractivity contribution in [2.75, 3.05) is 6.54 Å². The number of nitrogens with zero attached hydrogens (tertiary/aromatic N) is 1. The quantitative estimate of drug-likeness (QED) is 0.859. The van der Waals surface area contributed by atoms with Gasteiger partial charge in [0.15, 0.2) is 0 Å². The molecule has 1 aromatic carbocycles. The number of hydrogen-bond acceptors (Lipinski definition) is 2. The van der Waals surface area contributed by atoms with E-state index >= 15 is 0 Å². The number of hydrogen-bond donors (Lipinski definition) is 1. The molecule has 1 aliphatic heterocycles. The van der Waals surface area contributed by atoms with Gasteiger partial charge in [-0.15, -0.1) is 0 Å². The van der Waals surface area contributed by atoms with Crippen molar-refractivity contribution < 1.29 is 4.79 Å². The Labute approximate surface area is 122 Å². The standard InChI is InChI=1S/C10H13N.C7H13NO/c1-2-11-7-9-5-3-4-6-10(9)8-11;9-6-8-7-4-2-1-3-5-7/h3-6H,2,7-8H2,1H3;6-7H,1-5H2,(H,8,9). The normalized spacial score (nSPS) is 18.9. The number of amides is 1. The molecule has 1 aliphatic carbocycles. The summed E-state index contributed by atoms with van der Waals surface area (Å²) in [5.74, 6) is 0. The average Bonchev–Trinajstić information content (AvgIpc) is 2.92. The Kier molecular flexibility index (Phi) is 6.06. The van der Waals surface area contributed by atoms with Gasteiger partial charge in [0.25, 0.3) is 0 Å². The SMILES string of the molecule is CCN1Cc2ccccc2C1.O=CNC1CCCCC1. The van der Waals surface area contributed by atoms with Crippen molar-refractivity contribution in [3.05, 3.63) is 35.4 Å². The first kappa shape index (κ1) is 15.0. The van der Waals surface area contributed by atoms with E-state index in [-0.39, 0.29) is 0 Å². The van der Waals surface area contributed by atoms with Crippen molar-refractivity contribution in [1.82, 2.24) is 10.2 Å². The minimum atomic E-state index is 0.483. The van der Waals surface area contributed by atoms with Gasteiger partial charge in [0, 0.05) is 19.1 Å². The first-order valence-corrected chi connectivity index (χ1v) is 7.82. The van der Waals surface area contributed by atoms with E-state index < -0.39 is 0 Å². The summed E-state index contributed by atoms with van der Waals surface area (Å²) in [5, 5.41) is 2.80. The molecular formula is C17H26N2O. The minimum Gasteiger partial charge on any atom is -0.356 e. The van der Waals surface area contributed by atoms with Crippen LogP contribution in [0.1, 0.15) is 50.2 Å². The molecule has 3 nitrogen and oxygen atoms in total. The van der Waals surface area contributed by atoms with E-state index in [2.05, 4.69) is 41.4 Å². The lowest BCUT2D eigenvalue weighted by Crippen LogP contribution is -2.29. The summed E-state index contributed by atoms with van der Waals surface area (Å²) in [7, 11) is 0. The van der Waals surface area contributed by atoms with E-state index in [9.17, 15) is 4.79 Å². The number of rotatable bonds is 3. The van der Waals surface area contributed by atoms with Gasteiger partial charge < -0.3 is 5.32 Å². The lowest BCUT2D eigenvalue weighted by molar-refractivity contribution is -0.110. The summed E-state index contributed by atoms with van der Waals surface area (Å²) in [6.07, 6.45) is 7.08. The Balaban J connectivity index is 0.000000151. The first-order valence-electron chi connectivity index (χ1n) is 7.82. The van der Waals surface area contributed by atoms with Crippen LogP contribution >= 0.6 is 0 Å². The van der Waals surface area contributed by atoms with E-state index in [1.54, 1.807) is 0 Å². The molecule has 0 saturated heterocycles. The van der Waals surface area contributed by atoms with Crippen LogP contribution in [-0.2, 0) is 17.9 Å². The molecule has 0 aromatic heterocycles. The Morgan fingerprint density at radius 1 is 1.15 bits per heavy atom. The number of carbonyl (C=O) groups excluding carboxylic acids is 1. The van der Waals surface area contributed by atoms with Gasteiger partial charge in [-0.2, -0.15) is 0 Å². The third-order valence-electron chi connectivity index (χ3n) is 4.26. The summed E-state index contributed by atoms with van der Waals surface area (Å²) in [4.78, 5) is 12.4. The molecule has 1 heterocycles. The summed E-state index contributed by atoms with van der Waals surface area (Å²) in [5.41, 5.74) is 3.02. The lowest BCUT2D eigenvalue weighted by Gasteiger charge is -2.19. The van der Waals surface area contributed by atoms with Gasteiger partial charge in [-0.1, -0.05) is 50.5 Å². The molecule has 0 radical (unpaired) electrons. The van der Waals surface area contributed by atoms with Crippen molar-refractivity contribution in [3.63, 3.8) is 0 Å². The second-order valence-electron chi connectivity index (χ2n) is 5.69. The fourth-order valence-electron chi connectivity index (χ4n) is 2.99. The molecule has 3 rings (SSSR count). The van der Waals surface area contributed by atoms with Gasteiger partial charge in [-0.05, 0) is 30.5 Å². The van der Waals surface area contributed by atoms with Crippen LogP contribution in [0.3, 0.4) is 0 Å². The third kappa shape index (κ3) is 4.34. The number of benzene rings is 1. The molecule has 3 heteroatoms. The summed E-state index contributed by atoms with van der Waals surface area (Å²) < 4.78 is 0. The zero-order chi connectivity index (χ0) is 14.2. The van der Waals surface area contributed by atoms with Crippen LogP contribution in [0.4, 0.5) is 0 Å². The van der Waals surface area contributed by atoms with Crippen LogP contribution in [0, 0.1) is 0 Å². The fourth-order valence-corrected chi connectivity index (χ4v) is 2.99. The smallest absolute Gasteiger partial charge is 0.207 e. The number of carbonyl (C=O) groups is 1. The Bertz CT molecular complexity index is 388. The maximum absolute atomic E-state index is 9.96. The molecule has 1 amide bonds. The van der Waals surface area contributed by atoms with E-state index in [1.165, 1.54) is 43.2 Å². The van der Waals surface area contributed by atoms with Crippen molar-refractivity contribution in [3.8, 4) is 0 Å².